The van der Waals surface area contributed by atoms with Crippen LogP contribution in [0.4, 0.5) is 8.78 Å². The summed E-state index contributed by atoms with van der Waals surface area (Å²) < 4.78 is 62.4. The van der Waals surface area contributed by atoms with Gasteiger partial charge in [0, 0.05) is 24.7 Å². The summed E-state index contributed by atoms with van der Waals surface area (Å²) in [5.41, 5.74) is 0.145. The zero-order chi connectivity index (χ0) is 21.5. The van der Waals surface area contributed by atoms with E-state index in [1.807, 2.05) is 0 Å². The number of ether oxygens (including phenoxy) is 2. The number of nitrogens with zero attached hydrogens (tertiary/aromatic N) is 2. The van der Waals surface area contributed by atoms with Crippen molar-refractivity contribution in [2.24, 2.45) is 5.92 Å². The molecule has 1 atom stereocenters. The molecule has 1 N–H and O–H groups in total. The number of carboxylic acid groups (broad SMARTS) is 1. The Morgan fingerprint density at radius 1 is 1.27 bits per heavy atom. The van der Waals surface area contributed by atoms with E-state index in [9.17, 15) is 27.1 Å². The number of fused-ring (bicyclic) bond motifs is 1. The standard InChI is InChI=1S/C19H22F2N2O6S/c20-19(21)29-12-8-15-14(17(9-12)30(26,27)13-1-2-13)10-22-23(15)16(18(24)25)7-11-3-5-28-6-4-11/h8-11,13,16,19H,1-7H2,(H,24,25). The van der Waals surface area contributed by atoms with Crippen LogP contribution in [0.5, 0.6) is 5.75 Å². The molecule has 1 saturated carbocycles. The highest BCUT2D eigenvalue weighted by Gasteiger charge is 2.39. The van der Waals surface area contributed by atoms with Gasteiger partial charge in [-0.2, -0.15) is 13.9 Å². The Morgan fingerprint density at radius 2 is 1.97 bits per heavy atom. The summed E-state index contributed by atoms with van der Waals surface area (Å²) in [6.45, 7) is -2.05. The second kappa shape index (κ2) is 8.10. The van der Waals surface area contributed by atoms with Gasteiger partial charge in [-0.25, -0.2) is 13.2 Å². The number of carbonyl (C=O) groups is 1. The second-order valence-corrected chi connectivity index (χ2v) is 9.91. The average molecular weight is 444 g/mol. The average Bonchev–Trinajstić information content (AvgIpc) is 3.47. The summed E-state index contributed by atoms with van der Waals surface area (Å²) in [6.07, 6.45) is 3.99. The summed E-state index contributed by atoms with van der Waals surface area (Å²) >= 11 is 0. The van der Waals surface area contributed by atoms with Gasteiger partial charge in [-0.3, -0.25) is 4.68 Å². The highest BCUT2D eigenvalue weighted by Crippen LogP contribution is 2.39. The minimum absolute atomic E-state index is 0.106. The molecule has 2 heterocycles. The molecule has 2 fully saturated rings. The zero-order valence-corrected chi connectivity index (χ0v) is 16.9. The second-order valence-electron chi connectivity index (χ2n) is 7.71. The van der Waals surface area contributed by atoms with Crippen LogP contribution in [0.25, 0.3) is 10.9 Å². The van der Waals surface area contributed by atoms with Crippen molar-refractivity contribution in [2.75, 3.05) is 13.2 Å². The SMILES string of the molecule is O=C(O)C(CC1CCOCC1)n1ncc2c(S(=O)(=O)C3CC3)cc(OC(F)F)cc21. The Morgan fingerprint density at radius 3 is 2.57 bits per heavy atom. The van der Waals surface area contributed by atoms with Crippen LogP contribution in [-0.2, 0) is 19.4 Å². The molecular formula is C19H22F2N2O6S. The molecule has 8 nitrogen and oxygen atoms in total. The number of rotatable bonds is 8. The number of alkyl halides is 2. The smallest absolute Gasteiger partial charge is 0.387 e. The summed E-state index contributed by atoms with van der Waals surface area (Å²) in [6, 6.07) is 1.23. The number of aliphatic carboxylic acids is 1. The molecule has 0 amide bonds. The number of sulfone groups is 1. The van der Waals surface area contributed by atoms with Crippen molar-refractivity contribution in [3.8, 4) is 5.75 Å². The molecule has 11 heteroatoms. The molecule has 0 radical (unpaired) electrons. The van der Waals surface area contributed by atoms with E-state index >= 15 is 0 Å². The number of carboxylic acids is 1. The number of hydrogen-bond acceptors (Lipinski definition) is 6. The lowest BCUT2D eigenvalue weighted by Crippen LogP contribution is -2.26. The Bertz CT molecular complexity index is 1040. The predicted molar refractivity (Wildman–Crippen MR) is 101 cm³/mol. The molecule has 1 saturated heterocycles. The number of aromatic nitrogens is 2. The molecule has 1 aromatic carbocycles. The minimum atomic E-state index is -3.75. The van der Waals surface area contributed by atoms with Crippen molar-refractivity contribution in [3.05, 3.63) is 18.3 Å². The van der Waals surface area contributed by atoms with Crippen molar-refractivity contribution in [1.29, 1.82) is 0 Å². The lowest BCUT2D eigenvalue weighted by Gasteiger charge is -2.25. The Balaban J connectivity index is 1.80. The van der Waals surface area contributed by atoms with E-state index < -0.39 is 33.7 Å². The van der Waals surface area contributed by atoms with Crippen LogP contribution in [0.15, 0.2) is 23.2 Å². The lowest BCUT2D eigenvalue weighted by atomic mass is 9.92. The minimum Gasteiger partial charge on any atom is -0.480 e. The molecule has 2 aliphatic rings. The van der Waals surface area contributed by atoms with Crippen molar-refractivity contribution < 1.29 is 36.6 Å². The summed E-state index contributed by atoms with van der Waals surface area (Å²) in [5, 5.41) is 13.6. The molecule has 1 unspecified atom stereocenters. The van der Waals surface area contributed by atoms with E-state index in [1.165, 1.54) is 16.9 Å². The first-order valence-corrected chi connectivity index (χ1v) is 11.3. The molecule has 4 rings (SSSR count). The van der Waals surface area contributed by atoms with E-state index in [2.05, 4.69) is 9.84 Å². The van der Waals surface area contributed by atoms with Gasteiger partial charge in [-0.1, -0.05) is 0 Å². The molecule has 1 aliphatic heterocycles. The largest absolute Gasteiger partial charge is 0.480 e. The van der Waals surface area contributed by atoms with Gasteiger partial charge in [0.15, 0.2) is 9.84 Å². The van der Waals surface area contributed by atoms with Gasteiger partial charge in [-0.05, 0) is 44.1 Å². The Labute approximate surface area is 171 Å². The van der Waals surface area contributed by atoms with Gasteiger partial charge in [-0.15, -0.1) is 0 Å². The van der Waals surface area contributed by atoms with Crippen LogP contribution < -0.4 is 4.74 Å². The predicted octanol–water partition coefficient (Wildman–Crippen LogP) is 3.02. The number of benzene rings is 1. The zero-order valence-electron chi connectivity index (χ0n) is 16.0. The highest BCUT2D eigenvalue weighted by atomic mass is 32.2. The Kier molecular flexibility index (Phi) is 5.67. The van der Waals surface area contributed by atoms with Crippen molar-refractivity contribution in [3.63, 3.8) is 0 Å². The normalized spacial score (nSPS) is 19.3. The topological polar surface area (TPSA) is 108 Å². The molecule has 30 heavy (non-hydrogen) atoms. The van der Waals surface area contributed by atoms with Gasteiger partial charge >= 0.3 is 12.6 Å². The van der Waals surface area contributed by atoms with Crippen LogP contribution >= 0.6 is 0 Å². The van der Waals surface area contributed by atoms with E-state index in [4.69, 9.17) is 4.74 Å². The summed E-state index contributed by atoms with van der Waals surface area (Å²) in [5.74, 6) is -1.36. The number of halogens is 2. The summed E-state index contributed by atoms with van der Waals surface area (Å²) in [7, 11) is -3.75. The van der Waals surface area contributed by atoms with Crippen LogP contribution in [-0.4, -0.2) is 54.3 Å². The van der Waals surface area contributed by atoms with Crippen LogP contribution in [0.1, 0.15) is 38.1 Å². The fraction of sp³-hybridized carbons (Fsp3) is 0.579. The third-order valence-electron chi connectivity index (χ3n) is 5.62. The van der Waals surface area contributed by atoms with Crippen molar-refractivity contribution in [2.45, 2.75) is 54.9 Å². The third kappa shape index (κ3) is 4.13. The molecule has 0 spiro atoms. The van der Waals surface area contributed by atoms with E-state index in [-0.39, 0.29) is 33.9 Å². The maximum Gasteiger partial charge on any atom is 0.387 e. The van der Waals surface area contributed by atoms with E-state index in [1.54, 1.807) is 0 Å². The first-order valence-electron chi connectivity index (χ1n) is 9.78. The fourth-order valence-electron chi connectivity index (χ4n) is 3.90. The van der Waals surface area contributed by atoms with Crippen molar-refractivity contribution in [1.82, 2.24) is 9.78 Å². The quantitative estimate of drug-likeness (QED) is 0.667. The Hall–Kier alpha value is -2.27. The van der Waals surface area contributed by atoms with Crippen LogP contribution in [0.2, 0.25) is 0 Å². The van der Waals surface area contributed by atoms with Gasteiger partial charge in [0.2, 0.25) is 0 Å². The number of hydrogen-bond donors (Lipinski definition) is 1. The van der Waals surface area contributed by atoms with E-state index in [0.29, 0.717) is 38.9 Å². The van der Waals surface area contributed by atoms with Crippen LogP contribution in [0, 0.1) is 5.92 Å². The van der Waals surface area contributed by atoms with Gasteiger partial charge in [0.25, 0.3) is 0 Å². The monoisotopic (exact) mass is 444 g/mol. The van der Waals surface area contributed by atoms with Crippen molar-refractivity contribution >= 4 is 26.7 Å². The first-order chi connectivity index (χ1) is 14.3. The fourth-order valence-corrected chi connectivity index (χ4v) is 5.76. The summed E-state index contributed by atoms with van der Waals surface area (Å²) in [4.78, 5) is 11.9. The van der Waals surface area contributed by atoms with Crippen LogP contribution in [0.3, 0.4) is 0 Å². The molecular weight excluding hydrogens is 422 g/mol. The van der Waals surface area contributed by atoms with Gasteiger partial charge in [0.1, 0.15) is 11.8 Å². The van der Waals surface area contributed by atoms with Gasteiger partial charge < -0.3 is 14.6 Å². The lowest BCUT2D eigenvalue weighted by molar-refractivity contribution is -0.142. The first kappa shape index (κ1) is 21.0. The maximum absolute atomic E-state index is 12.9. The molecule has 2 aromatic rings. The highest BCUT2D eigenvalue weighted by molar-refractivity contribution is 7.92. The molecule has 1 aliphatic carbocycles. The van der Waals surface area contributed by atoms with E-state index in [0.717, 1.165) is 6.07 Å². The molecule has 0 bridgehead atoms. The molecule has 164 valence electrons. The third-order valence-corrected chi connectivity index (χ3v) is 7.92. The molecule has 1 aromatic heterocycles. The van der Waals surface area contributed by atoms with Gasteiger partial charge in [0.05, 0.1) is 21.9 Å². The maximum atomic E-state index is 12.9.